The number of aromatic nitrogens is 1. The summed E-state index contributed by atoms with van der Waals surface area (Å²) in [5.74, 6) is 0.460. The monoisotopic (exact) mass is 659 g/mol. The molecule has 0 bridgehead atoms. The minimum atomic E-state index is -4.00. The molecular formula is C32H53F3N5O4P. The lowest BCUT2D eigenvalue weighted by Crippen LogP contribution is -2.34. The van der Waals surface area contributed by atoms with Crippen LogP contribution in [0.3, 0.4) is 0 Å². The van der Waals surface area contributed by atoms with Crippen LogP contribution in [0.5, 0.6) is 0 Å². The molecule has 45 heavy (non-hydrogen) atoms. The molecular weight excluding hydrogens is 606 g/mol. The van der Waals surface area contributed by atoms with Crippen molar-refractivity contribution >= 4 is 14.4 Å². The predicted octanol–water partition coefficient (Wildman–Crippen LogP) is 8.66. The van der Waals surface area contributed by atoms with Gasteiger partial charge in [-0.3, -0.25) is 4.68 Å². The van der Waals surface area contributed by atoms with Crippen molar-refractivity contribution in [2.75, 3.05) is 25.3 Å². The fourth-order valence-corrected chi connectivity index (χ4v) is 6.63. The lowest BCUT2D eigenvalue weighted by molar-refractivity contribution is -0.135. The first-order valence-electron chi connectivity index (χ1n) is 16.9. The number of nitriles is 1. The van der Waals surface area contributed by atoms with E-state index in [1.54, 1.807) is 0 Å². The van der Waals surface area contributed by atoms with Gasteiger partial charge >= 0.3 is 14.8 Å². The summed E-state index contributed by atoms with van der Waals surface area (Å²) in [6.07, 6.45) is 14.6. The average Bonchev–Trinajstić information content (AvgIpc) is 3.64. The topological polar surface area (TPSA) is 127 Å². The molecule has 0 spiro atoms. The molecule has 0 amide bonds. The van der Waals surface area contributed by atoms with Crippen molar-refractivity contribution in [3.63, 3.8) is 0 Å². The van der Waals surface area contributed by atoms with E-state index in [0.717, 1.165) is 49.9 Å². The van der Waals surface area contributed by atoms with Crippen molar-refractivity contribution in [2.45, 2.75) is 146 Å². The smallest absolute Gasteiger partial charge is 0.382 e. The number of alkyl halides is 3. The molecule has 3 unspecified atom stereocenters. The van der Waals surface area contributed by atoms with Gasteiger partial charge in [0.1, 0.15) is 30.4 Å². The van der Waals surface area contributed by atoms with Crippen LogP contribution in [0.2, 0.25) is 0 Å². The van der Waals surface area contributed by atoms with Gasteiger partial charge in [-0.15, -0.1) is 0 Å². The van der Waals surface area contributed by atoms with Gasteiger partial charge in [0.25, 0.3) is 0 Å². The molecule has 9 nitrogen and oxygen atoms in total. The van der Waals surface area contributed by atoms with Gasteiger partial charge in [-0.2, -0.15) is 18.4 Å². The number of hydrogen-bond acceptors (Lipinski definition) is 8. The van der Waals surface area contributed by atoms with Crippen LogP contribution in [0.15, 0.2) is 17.1 Å². The second-order valence-electron chi connectivity index (χ2n) is 12.3. The lowest BCUT2D eigenvalue weighted by atomic mass is 10.0. The Morgan fingerprint density at radius 3 is 2.07 bits per heavy atom. The molecule has 1 saturated heterocycles. The van der Waals surface area contributed by atoms with E-state index in [9.17, 15) is 23.3 Å². The van der Waals surface area contributed by atoms with Crippen LogP contribution >= 0.6 is 8.60 Å². The molecule has 1 fully saturated rings. The maximum Gasteiger partial charge on any atom is 0.389 e. The highest BCUT2D eigenvalue weighted by atomic mass is 31.2. The Bertz CT molecular complexity index is 1050. The first-order valence-corrected chi connectivity index (χ1v) is 18.0. The van der Waals surface area contributed by atoms with Gasteiger partial charge in [0.15, 0.2) is 5.60 Å². The summed E-state index contributed by atoms with van der Waals surface area (Å²) >= 11 is 0. The molecule has 0 aromatic carbocycles. The number of ether oxygens (including phenoxy) is 1. The van der Waals surface area contributed by atoms with Gasteiger partial charge in [-0.1, -0.05) is 96.3 Å². The van der Waals surface area contributed by atoms with Crippen molar-refractivity contribution < 1.29 is 31.8 Å². The van der Waals surface area contributed by atoms with Crippen LogP contribution < -0.4 is 11.2 Å². The molecule has 2 aliphatic heterocycles. The fraction of sp³-hybridized carbons (Fsp3) is 0.812. The van der Waals surface area contributed by atoms with E-state index in [1.807, 2.05) is 16.8 Å². The minimum absolute atomic E-state index is 0.0518. The Morgan fingerprint density at radius 2 is 1.51 bits per heavy atom. The quantitative estimate of drug-likeness (QED) is 0.0749. The Labute approximate surface area is 268 Å². The minimum Gasteiger partial charge on any atom is -0.382 e. The number of unbranched alkanes of at least 4 members (excludes halogenated alkanes) is 16. The predicted molar refractivity (Wildman–Crippen MR) is 171 cm³/mol. The fourth-order valence-electron chi connectivity index (χ4n) is 5.95. The van der Waals surface area contributed by atoms with Gasteiger partial charge in [0.05, 0.1) is 18.9 Å². The summed E-state index contributed by atoms with van der Waals surface area (Å²) in [5, 5.41) is 9.83. The van der Waals surface area contributed by atoms with Gasteiger partial charge in [0.2, 0.25) is 0 Å². The van der Waals surface area contributed by atoms with Gasteiger partial charge in [-0.05, 0) is 37.8 Å². The summed E-state index contributed by atoms with van der Waals surface area (Å²) in [5.41, 5.74) is 9.65. The summed E-state index contributed by atoms with van der Waals surface area (Å²) < 4.78 is 55.3. The van der Waals surface area contributed by atoms with Gasteiger partial charge in [-0.25, -0.2) is 4.99 Å². The highest BCUT2D eigenvalue weighted by Gasteiger charge is 2.43. The van der Waals surface area contributed by atoms with E-state index in [0.29, 0.717) is 38.4 Å². The highest BCUT2D eigenvalue weighted by molar-refractivity contribution is 7.40. The molecule has 4 N–H and O–H groups in total. The molecule has 0 saturated carbocycles. The first-order chi connectivity index (χ1) is 21.7. The number of rotatable bonds is 24. The van der Waals surface area contributed by atoms with Gasteiger partial charge in [0, 0.05) is 6.42 Å². The lowest BCUT2D eigenvalue weighted by Gasteiger charge is -2.24. The highest BCUT2D eigenvalue weighted by Crippen LogP contribution is 2.43. The van der Waals surface area contributed by atoms with Crippen molar-refractivity contribution in [1.82, 2.24) is 4.68 Å². The average molecular weight is 660 g/mol. The Hall–Kier alpha value is -1.90. The summed E-state index contributed by atoms with van der Waals surface area (Å²) in [4.78, 5) is 14.4. The zero-order valence-corrected chi connectivity index (χ0v) is 27.6. The van der Waals surface area contributed by atoms with Crippen LogP contribution in [-0.4, -0.2) is 47.1 Å². The van der Waals surface area contributed by atoms with Crippen molar-refractivity contribution in [3.8, 4) is 6.07 Å². The summed E-state index contributed by atoms with van der Waals surface area (Å²) in [7, 11) is -2.07. The molecule has 3 atom stereocenters. The number of hydrogen-bond donors (Lipinski definition) is 3. The molecule has 3 heterocycles. The van der Waals surface area contributed by atoms with Gasteiger partial charge < -0.3 is 29.8 Å². The van der Waals surface area contributed by atoms with Crippen molar-refractivity contribution in [1.29, 1.82) is 5.26 Å². The van der Waals surface area contributed by atoms with Crippen LogP contribution in [-0.2, 0) is 13.8 Å². The zero-order chi connectivity index (χ0) is 32.4. The number of halogens is 3. The molecule has 2 aliphatic rings. The molecule has 0 radical (unpaired) electrons. The van der Waals surface area contributed by atoms with E-state index in [2.05, 4.69) is 16.5 Å². The van der Waals surface area contributed by atoms with Crippen LogP contribution in [0, 0.1) is 11.3 Å². The number of aliphatic imine (C=N–C) groups is 1. The second kappa shape index (κ2) is 20.4. The second-order valence-corrected chi connectivity index (χ2v) is 13.3. The Balaban J connectivity index is 1.09. The van der Waals surface area contributed by atoms with Crippen molar-refractivity contribution in [2.24, 2.45) is 10.7 Å². The van der Waals surface area contributed by atoms with E-state index in [4.69, 9.17) is 19.5 Å². The summed E-state index contributed by atoms with van der Waals surface area (Å²) in [6, 6.07) is 6.04. The maximum atomic E-state index is 12.1. The zero-order valence-electron chi connectivity index (χ0n) is 26.7. The van der Waals surface area contributed by atoms with Crippen molar-refractivity contribution in [3.05, 3.63) is 23.5 Å². The standard InChI is InChI=1S/C32H53F3N5O4P/c33-32(34,35)21-16-14-12-10-8-6-4-2-1-3-5-7-9-11-13-15-17-23-42-45(41)43-25-31(24-36)22-20-29(44-31)27-18-19-28-30(37)38-26-39-40(27)28/h18-19,29,39,41H,1-17,20-23,25-26H2,(H2,37,38). The van der Waals surface area contributed by atoms with Crippen LogP contribution in [0.4, 0.5) is 13.2 Å². The molecule has 0 aliphatic carbocycles. The number of nitrogens with one attached hydrogen (secondary N) is 1. The van der Waals surface area contributed by atoms with E-state index < -0.39 is 26.8 Å². The first kappa shape index (κ1) is 37.6. The molecule has 1 aromatic rings. The van der Waals surface area contributed by atoms with E-state index in [-0.39, 0.29) is 19.1 Å². The maximum absolute atomic E-state index is 12.1. The van der Waals surface area contributed by atoms with E-state index in [1.165, 1.54) is 57.8 Å². The Morgan fingerprint density at radius 1 is 0.956 bits per heavy atom. The number of nitrogens with zero attached hydrogens (tertiary/aromatic N) is 3. The SMILES string of the molecule is N#CC1(COP(O)OCCCCCCCCCCCCCCCCCCCC(F)(F)F)CCC(c2ccc3n2NCN=C3N)O1. The third-order valence-electron chi connectivity index (χ3n) is 8.58. The number of nitrogens with two attached hydrogens (primary N) is 1. The number of fused-ring (bicyclic) bond motifs is 1. The van der Waals surface area contributed by atoms with Crippen LogP contribution in [0.25, 0.3) is 0 Å². The third-order valence-corrected chi connectivity index (χ3v) is 9.33. The molecule has 3 rings (SSSR count). The number of amidine groups is 1. The summed E-state index contributed by atoms with van der Waals surface area (Å²) in [6.45, 7) is 0.749. The Kier molecular flexibility index (Phi) is 17.0. The normalized spacial score (nSPS) is 20.4. The van der Waals surface area contributed by atoms with Crippen LogP contribution in [0.1, 0.15) is 146 Å². The van der Waals surface area contributed by atoms with E-state index >= 15 is 0 Å². The molecule has 13 heteroatoms. The molecule has 256 valence electrons. The largest absolute Gasteiger partial charge is 0.389 e. The third kappa shape index (κ3) is 14.2. The molecule has 1 aromatic heterocycles.